The Balaban J connectivity index is 1.68. The molecule has 2 fully saturated rings. The number of hydrogen-bond donors (Lipinski definition) is 1. The van der Waals surface area contributed by atoms with Crippen molar-refractivity contribution in [3.05, 3.63) is 17.9 Å². The molecule has 2 aliphatic rings. The van der Waals surface area contributed by atoms with Crippen LogP contribution < -0.4 is 5.73 Å². The first-order chi connectivity index (χ1) is 10.9. The summed E-state index contributed by atoms with van der Waals surface area (Å²) >= 11 is 0. The van der Waals surface area contributed by atoms with Crippen LogP contribution in [-0.4, -0.2) is 68.3 Å². The fourth-order valence-corrected chi connectivity index (χ4v) is 4.12. The normalized spacial score (nSPS) is 23.8. The number of piperazine rings is 1. The van der Waals surface area contributed by atoms with Crippen LogP contribution in [0, 0.1) is 0 Å². The summed E-state index contributed by atoms with van der Waals surface area (Å²) in [7, 11) is -3.82. The van der Waals surface area contributed by atoms with Gasteiger partial charge < -0.3 is 14.9 Å². The summed E-state index contributed by atoms with van der Waals surface area (Å²) in [4.78, 5) is 24.5. The standard InChI is InChI=1S/C13H17N3O6S/c14-12(17)10-1-2-11(22-10)23(19,20)16-6-4-15(5-7-16)9-3-8-21-13(9)18/h1-2,9H,3-8H2,(H2,14,17)/t9-/m1/s1. The molecule has 0 bridgehead atoms. The van der Waals surface area contributed by atoms with Crippen molar-refractivity contribution in [2.45, 2.75) is 17.6 Å². The fourth-order valence-electron chi connectivity index (χ4n) is 2.79. The first kappa shape index (κ1) is 16.0. The number of esters is 1. The minimum atomic E-state index is -3.82. The van der Waals surface area contributed by atoms with E-state index in [0.717, 1.165) is 0 Å². The Morgan fingerprint density at radius 1 is 1.22 bits per heavy atom. The molecule has 23 heavy (non-hydrogen) atoms. The van der Waals surface area contributed by atoms with Crippen LogP contribution in [0.1, 0.15) is 17.0 Å². The number of cyclic esters (lactones) is 1. The third kappa shape index (κ3) is 2.96. The average Bonchev–Trinajstić information content (AvgIpc) is 3.16. The van der Waals surface area contributed by atoms with Gasteiger partial charge >= 0.3 is 5.97 Å². The lowest BCUT2D eigenvalue weighted by Gasteiger charge is -2.35. The van der Waals surface area contributed by atoms with Gasteiger partial charge in [0.1, 0.15) is 6.04 Å². The van der Waals surface area contributed by atoms with Gasteiger partial charge in [0.05, 0.1) is 6.61 Å². The molecule has 1 aromatic heterocycles. The van der Waals surface area contributed by atoms with Gasteiger partial charge in [-0.3, -0.25) is 14.5 Å². The molecule has 0 spiro atoms. The number of carbonyl (C=O) groups excluding carboxylic acids is 2. The molecule has 0 unspecified atom stereocenters. The quantitative estimate of drug-likeness (QED) is 0.696. The van der Waals surface area contributed by atoms with Gasteiger partial charge in [-0.15, -0.1) is 0 Å². The Morgan fingerprint density at radius 2 is 1.91 bits per heavy atom. The number of sulfonamides is 1. The van der Waals surface area contributed by atoms with Gasteiger partial charge in [-0.05, 0) is 12.1 Å². The molecule has 9 nitrogen and oxygen atoms in total. The summed E-state index contributed by atoms with van der Waals surface area (Å²) in [5.74, 6) is -1.27. The summed E-state index contributed by atoms with van der Waals surface area (Å²) in [5.41, 5.74) is 5.06. The van der Waals surface area contributed by atoms with Crippen LogP contribution in [-0.2, 0) is 19.6 Å². The third-order valence-electron chi connectivity index (χ3n) is 4.04. The first-order valence-corrected chi connectivity index (χ1v) is 8.64. The Bertz CT molecular complexity index is 720. The van der Waals surface area contributed by atoms with Crippen molar-refractivity contribution in [1.82, 2.24) is 9.21 Å². The molecule has 3 heterocycles. The van der Waals surface area contributed by atoms with Gasteiger partial charge in [0.15, 0.2) is 5.76 Å². The zero-order chi connectivity index (χ0) is 16.6. The van der Waals surface area contributed by atoms with Gasteiger partial charge in [0.2, 0.25) is 5.09 Å². The number of nitrogens with two attached hydrogens (primary N) is 1. The summed E-state index contributed by atoms with van der Waals surface area (Å²) < 4.78 is 36.2. The number of ether oxygens (including phenoxy) is 1. The smallest absolute Gasteiger partial charge is 0.323 e. The van der Waals surface area contributed by atoms with E-state index in [9.17, 15) is 18.0 Å². The molecule has 1 amide bonds. The predicted molar refractivity (Wildman–Crippen MR) is 76.9 cm³/mol. The highest BCUT2D eigenvalue weighted by atomic mass is 32.2. The van der Waals surface area contributed by atoms with E-state index < -0.39 is 15.9 Å². The monoisotopic (exact) mass is 343 g/mol. The molecule has 3 rings (SSSR count). The Labute approximate surface area is 133 Å². The van der Waals surface area contributed by atoms with Gasteiger partial charge in [-0.25, -0.2) is 8.42 Å². The lowest BCUT2D eigenvalue weighted by atomic mass is 10.2. The molecular formula is C13H17N3O6S. The summed E-state index contributed by atoms with van der Waals surface area (Å²) in [5, 5.41) is -0.306. The zero-order valence-electron chi connectivity index (χ0n) is 12.3. The molecule has 1 aromatic rings. The zero-order valence-corrected chi connectivity index (χ0v) is 13.1. The first-order valence-electron chi connectivity index (χ1n) is 7.20. The van der Waals surface area contributed by atoms with Crippen molar-refractivity contribution >= 4 is 21.9 Å². The fraction of sp³-hybridized carbons (Fsp3) is 0.538. The summed E-state index contributed by atoms with van der Waals surface area (Å²) in [6, 6.07) is 2.17. The molecule has 0 aromatic carbocycles. The van der Waals surface area contributed by atoms with E-state index in [1.807, 2.05) is 4.90 Å². The van der Waals surface area contributed by atoms with E-state index in [1.165, 1.54) is 16.4 Å². The molecule has 0 radical (unpaired) electrons. The van der Waals surface area contributed by atoms with Gasteiger partial charge in [-0.2, -0.15) is 4.31 Å². The second kappa shape index (κ2) is 5.95. The largest absolute Gasteiger partial charge is 0.464 e. The molecule has 10 heteroatoms. The number of carbonyl (C=O) groups is 2. The number of nitrogens with zero attached hydrogens (tertiary/aromatic N) is 2. The minimum Gasteiger partial charge on any atom is -0.464 e. The van der Waals surface area contributed by atoms with E-state index in [0.29, 0.717) is 26.1 Å². The molecule has 0 aliphatic carbocycles. The molecule has 126 valence electrons. The number of hydrogen-bond acceptors (Lipinski definition) is 7. The van der Waals surface area contributed by atoms with Crippen LogP contribution in [0.15, 0.2) is 21.6 Å². The van der Waals surface area contributed by atoms with Crippen molar-refractivity contribution in [1.29, 1.82) is 0 Å². The maximum atomic E-state index is 12.5. The van der Waals surface area contributed by atoms with Crippen LogP contribution in [0.3, 0.4) is 0 Å². The van der Waals surface area contributed by atoms with Crippen LogP contribution in [0.4, 0.5) is 0 Å². The minimum absolute atomic E-state index is 0.198. The summed E-state index contributed by atoms with van der Waals surface area (Å²) in [6.07, 6.45) is 0.631. The van der Waals surface area contributed by atoms with Crippen molar-refractivity contribution in [3.8, 4) is 0 Å². The lowest BCUT2D eigenvalue weighted by molar-refractivity contribution is -0.142. The molecule has 2 N–H and O–H groups in total. The number of furan rings is 1. The van der Waals surface area contributed by atoms with Crippen molar-refractivity contribution in [3.63, 3.8) is 0 Å². The highest BCUT2D eigenvalue weighted by molar-refractivity contribution is 7.89. The van der Waals surface area contributed by atoms with E-state index in [-0.39, 0.29) is 36.0 Å². The number of primary amides is 1. The topological polar surface area (TPSA) is 123 Å². The maximum Gasteiger partial charge on any atom is 0.323 e. The van der Waals surface area contributed by atoms with E-state index in [2.05, 4.69) is 0 Å². The second-order valence-electron chi connectivity index (χ2n) is 5.39. The van der Waals surface area contributed by atoms with Crippen LogP contribution in [0.2, 0.25) is 0 Å². The molecule has 2 saturated heterocycles. The third-order valence-corrected chi connectivity index (χ3v) is 5.81. The van der Waals surface area contributed by atoms with Crippen LogP contribution >= 0.6 is 0 Å². The van der Waals surface area contributed by atoms with E-state index in [1.54, 1.807) is 0 Å². The highest BCUT2D eigenvalue weighted by Gasteiger charge is 2.37. The van der Waals surface area contributed by atoms with Crippen LogP contribution in [0.25, 0.3) is 0 Å². The van der Waals surface area contributed by atoms with Crippen LogP contribution in [0.5, 0.6) is 0 Å². The molecular weight excluding hydrogens is 326 g/mol. The maximum absolute atomic E-state index is 12.5. The van der Waals surface area contributed by atoms with Gasteiger partial charge in [0.25, 0.3) is 15.9 Å². The van der Waals surface area contributed by atoms with Crippen molar-refractivity contribution in [2.24, 2.45) is 5.73 Å². The highest BCUT2D eigenvalue weighted by Crippen LogP contribution is 2.22. The second-order valence-corrected chi connectivity index (χ2v) is 7.26. The van der Waals surface area contributed by atoms with Crippen molar-refractivity contribution in [2.75, 3.05) is 32.8 Å². The van der Waals surface area contributed by atoms with E-state index >= 15 is 0 Å². The van der Waals surface area contributed by atoms with E-state index in [4.69, 9.17) is 14.9 Å². The van der Waals surface area contributed by atoms with Crippen molar-refractivity contribution < 1.29 is 27.2 Å². The average molecular weight is 343 g/mol. The Morgan fingerprint density at radius 3 is 2.43 bits per heavy atom. The number of rotatable bonds is 4. The lowest BCUT2D eigenvalue weighted by Crippen LogP contribution is -2.52. The predicted octanol–water partition coefficient (Wildman–Crippen LogP) is -1.000. The van der Waals surface area contributed by atoms with Gasteiger partial charge in [-0.1, -0.05) is 0 Å². The summed E-state index contributed by atoms with van der Waals surface area (Å²) in [6.45, 7) is 1.74. The SMILES string of the molecule is NC(=O)c1ccc(S(=O)(=O)N2CCN([C@@H]3CCOC3=O)CC2)o1. The van der Waals surface area contributed by atoms with Gasteiger partial charge in [0, 0.05) is 32.6 Å². The molecule has 0 saturated carbocycles. The molecule has 1 atom stereocenters. The number of amides is 1. The molecule has 2 aliphatic heterocycles. The Kier molecular flexibility index (Phi) is 4.13. The Hall–Kier alpha value is -1.91.